The molecule has 1 aromatic heterocycles. The summed E-state index contributed by atoms with van der Waals surface area (Å²) < 4.78 is 39.0. The Morgan fingerprint density at radius 3 is 2.50 bits per heavy atom. The normalized spacial score (nSPS) is 14.7. The van der Waals surface area contributed by atoms with Gasteiger partial charge in [0.15, 0.2) is 0 Å². The Bertz CT molecular complexity index is 515. The van der Waals surface area contributed by atoms with Gasteiger partial charge in [-0.2, -0.15) is 13.2 Å². The van der Waals surface area contributed by atoms with Crippen molar-refractivity contribution in [3.05, 3.63) is 11.9 Å². The molecule has 0 aliphatic carbocycles. The van der Waals surface area contributed by atoms with Gasteiger partial charge in [-0.3, -0.25) is 4.79 Å². The number of aromatic nitrogens is 3. The van der Waals surface area contributed by atoms with E-state index in [1.54, 1.807) is 0 Å². The molecule has 112 valence electrons. The molecule has 1 amide bonds. The number of alkyl halides is 3. The molecule has 1 atom stereocenters. The third-order valence-electron chi connectivity index (χ3n) is 2.48. The van der Waals surface area contributed by atoms with Crippen LogP contribution in [0.3, 0.4) is 0 Å². The van der Waals surface area contributed by atoms with Crippen molar-refractivity contribution in [3.63, 3.8) is 0 Å². The summed E-state index contributed by atoms with van der Waals surface area (Å²) in [5, 5.41) is 17.1. The molecule has 0 aliphatic rings. The number of hydrogen-bond donors (Lipinski definition) is 3. The fourth-order valence-electron chi connectivity index (χ4n) is 1.22. The lowest BCUT2D eigenvalue weighted by Gasteiger charge is -2.28. The lowest BCUT2D eigenvalue weighted by atomic mass is 10.0. The van der Waals surface area contributed by atoms with E-state index in [1.165, 1.54) is 11.5 Å². The first-order valence-corrected chi connectivity index (χ1v) is 5.30. The third-order valence-corrected chi connectivity index (χ3v) is 2.48. The van der Waals surface area contributed by atoms with Crippen LogP contribution in [-0.4, -0.2) is 43.7 Å². The number of carbonyl (C=O) groups excluding carboxylic acids is 1. The molecule has 0 aliphatic heterocycles. The summed E-state index contributed by atoms with van der Waals surface area (Å²) >= 11 is 0. The first kappa shape index (κ1) is 15.9. The Morgan fingerprint density at radius 1 is 1.50 bits per heavy atom. The van der Waals surface area contributed by atoms with E-state index in [2.05, 4.69) is 10.3 Å². The second kappa shape index (κ2) is 5.45. The Kier molecular flexibility index (Phi) is 4.33. The summed E-state index contributed by atoms with van der Waals surface area (Å²) in [6.45, 7) is -0.192. The maximum Gasteiger partial charge on any atom is 0.422 e. The summed E-state index contributed by atoms with van der Waals surface area (Å²) in [5.41, 5.74) is 2.22. The van der Waals surface area contributed by atoms with Crippen LogP contribution in [0.2, 0.25) is 0 Å². The van der Waals surface area contributed by atoms with Gasteiger partial charge in [-0.15, -0.1) is 5.10 Å². The van der Waals surface area contributed by atoms with E-state index in [-0.39, 0.29) is 6.54 Å². The largest absolute Gasteiger partial charge is 0.479 e. The van der Waals surface area contributed by atoms with Gasteiger partial charge in [0.2, 0.25) is 11.4 Å². The van der Waals surface area contributed by atoms with Crippen LogP contribution in [0.15, 0.2) is 6.20 Å². The van der Waals surface area contributed by atoms with E-state index in [1.807, 2.05) is 0 Å². The van der Waals surface area contributed by atoms with Crippen LogP contribution in [0.4, 0.5) is 13.2 Å². The fraction of sp³-hybridized carbons (Fsp3) is 0.556. The SMILES string of the molecule is CC(NC(=O)Cn1cc(CN)nn1)(C(=O)O)C(F)(F)F. The number of carboxylic acids is 1. The molecular formula is C9H12F3N5O3. The summed E-state index contributed by atoms with van der Waals surface area (Å²) in [4.78, 5) is 22.2. The van der Waals surface area contributed by atoms with Gasteiger partial charge >= 0.3 is 12.1 Å². The maximum absolute atomic E-state index is 12.7. The average molecular weight is 295 g/mol. The predicted molar refractivity (Wildman–Crippen MR) is 58.2 cm³/mol. The highest BCUT2D eigenvalue weighted by Gasteiger charge is 2.58. The number of rotatable bonds is 5. The third kappa shape index (κ3) is 3.23. The zero-order valence-electron chi connectivity index (χ0n) is 10.3. The number of aliphatic carboxylic acids is 1. The minimum Gasteiger partial charge on any atom is -0.479 e. The van der Waals surface area contributed by atoms with Crippen molar-refractivity contribution >= 4 is 11.9 Å². The monoisotopic (exact) mass is 295 g/mol. The van der Waals surface area contributed by atoms with Crippen molar-refractivity contribution in [1.82, 2.24) is 20.3 Å². The van der Waals surface area contributed by atoms with Crippen molar-refractivity contribution in [1.29, 1.82) is 0 Å². The van der Waals surface area contributed by atoms with Gasteiger partial charge in [-0.1, -0.05) is 5.21 Å². The Balaban J connectivity index is 2.80. The zero-order valence-corrected chi connectivity index (χ0v) is 10.3. The Hall–Kier alpha value is -2.17. The molecule has 1 unspecified atom stereocenters. The number of halogens is 3. The van der Waals surface area contributed by atoms with Gasteiger partial charge in [-0.25, -0.2) is 9.48 Å². The second-order valence-electron chi connectivity index (χ2n) is 4.09. The van der Waals surface area contributed by atoms with Crippen LogP contribution in [0.1, 0.15) is 12.6 Å². The van der Waals surface area contributed by atoms with Gasteiger partial charge in [-0.05, 0) is 6.92 Å². The lowest BCUT2D eigenvalue weighted by Crippen LogP contribution is -2.62. The highest BCUT2D eigenvalue weighted by Crippen LogP contribution is 2.30. The summed E-state index contributed by atoms with van der Waals surface area (Å²) in [6, 6.07) is 0. The van der Waals surface area contributed by atoms with E-state index in [0.29, 0.717) is 12.6 Å². The van der Waals surface area contributed by atoms with Crippen molar-refractivity contribution in [3.8, 4) is 0 Å². The molecule has 1 rings (SSSR count). The van der Waals surface area contributed by atoms with Crippen LogP contribution in [0.25, 0.3) is 0 Å². The predicted octanol–water partition coefficient (Wildman–Crippen LogP) is -0.741. The number of hydrogen-bond acceptors (Lipinski definition) is 5. The molecule has 8 nitrogen and oxygen atoms in total. The summed E-state index contributed by atoms with van der Waals surface area (Å²) in [6.07, 6.45) is -3.87. The van der Waals surface area contributed by atoms with Gasteiger partial charge in [0.25, 0.3) is 0 Å². The first-order chi connectivity index (χ1) is 9.10. The molecule has 0 aromatic carbocycles. The molecule has 0 saturated heterocycles. The van der Waals surface area contributed by atoms with Gasteiger partial charge in [0.1, 0.15) is 6.54 Å². The minimum absolute atomic E-state index is 0.0526. The molecule has 1 aromatic rings. The zero-order chi connectivity index (χ0) is 15.6. The molecular weight excluding hydrogens is 283 g/mol. The van der Waals surface area contributed by atoms with E-state index < -0.39 is 30.1 Å². The molecule has 0 saturated carbocycles. The van der Waals surface area contributed by atoms with Crippen molar-refractivity contribution < 1.29 is 27.9 Å². The number of carbonyl (C=O) groups is 2. The average Bonchev–Trinajstić information content (AvgIpc) is 2.74. The Morgan fingerprint density at radius 2 is 2.10 bits per heavy atom. The van der Waals surface area contributed by atoms with Crippen LogP contribution < -0.4 is 11.1 Å². The molecule has 11 heteroatoms. The Labute approximate surface area is 110 Å². The molecule has 1 heterocycles. The van der Waals surface area contributed by atoms with Gasteiger partial charge < -0.3 is 16.2 Å². The number of carboxylic acid groups (broad SMARTS) is 1. The molecule has 4 N–H and O–H groups in total. The number of nitrogens with two attached hydrogens (primary N) is 1. The maximum atomic E-state index is 12.7. The van der Waals surface area contributed by atoms with Crippen LogP contribution >= 0.6 is 0 Å². The second-order valence-corrected chi connectivity index (χ2v) is 4.09. The standard InChI is InChI=1S/C9H12F3N5O3/c1-8(7(19)20,9(10,11)12)14-6(18)4-17-3-5(2-13)15-16-17/h3H,2,4,13H2,1H3,(H,14,18)(H,19,20). The van der Waals surface area contributed by atoms with E-state index >= 15 is 0 Å². The van der Waals surface area contributed by atoms with Crippen LogP contribution in [0, 0.1) is 0 Å². The van der Waals surface area contributed by atoms with E-state index in [9.17, 15) is 22.8 Å². The smallest absolute Gasteiger partial charge is 0.422 e. The molecule has 0 fully saturated rings. The van der Waals surface area contributed by atoms with Crippen molar-refractivity contribution in [2.75, 3.05) is 0 Å². The van der Waals surface area contributed by atoms with Gasteiger partial charge in [0.05, 0.1) is 11.9 Å². The van der Waals surface area contributed by atoms with Crippen molar-refractivity contribution in [2.24, 2.45) is 5.73 Å². The van der Waals surface area contributed by atoms with Crippen LogP contribution in [0.5, 0.6) is 0 Å². The fourth-order valence-corrected chi connectivity index (χ4v) is 1.22. The minimum atomic E-state index is -5.14. The topological polar surface area (TPSA) is 123 Å². The highest BCUT2D eigenvalue weighted by molar-refractivity contribution is 5.87. The number of nitrogens with one attached hydrogen (secondary N) is 1. The molecule has 0 radical (unpaired) electrons. The highest BCUT2D eigenvalue weighted by atomic mass is 19.4. The molecule has 20 heavy (non-hydrogen) atoms. The van der Waals surface area contributed by atoms with Crippen molar-refractivity contribution in [2.45, 2.75) is 31.7 Å². The number of amides is 1. The number of nitrogens with zero attached hydrogens (tertiary/aromatic N) is 3. The first-order valence-electron chi connectivity index (χ1n) is 5.30. The summed E-state index contributed by atoms with van der Waals surface area (Å²) in [5.74, 6) is -3.37. The summed E-state index contributed by atoms with van der Waals surface area (Å²) in [7, 11) is 0. The van der Waals surface area contributed by atoms with E-state index in [0.717, 1.165) is 4.68 Å². The van der Waals surface area contributed by atoms with Gasteiger partial charge in [0, 0.05) is 6.54 Å². The quantitative estimate of drug-likeness (QED) is 0.657. The van der Waals surface area contributed by atoms with E-state index in [4.69, 9.17) is 10.8 Å². The van der Waals surface area contributed by atoms with Crippen LogP contribution in [-0.2, 0) is 22.7 Å². The molecule has 0 spiro atoms. The lowest BCUT2D eigenvalue weighted by molar-refractivity contribution is -0.207. The molecule has 0 bridgehead atoms.